The molecule has 5 N–H and O–H groups in total. The van der Waals surface area contributed by atoms with Gasteiger partial charge in [-0.25, -0.2) is 0 Å². The van der Waals surface area contributed by atoms with Gasteiger partial charge in [0.1, 0.15) is 6.10 Å². The van der Waals surface area contributed by atoms with Crippen LogP contribution in [0.25, 0.3) is 0 Å². The molecule has 19 heavy (non-hydrogen) atoms. The quantitative estimate of drug-likeness (QED) is 0.797. The highest BCUT2D eigenvalue weighted by molar-refractivity contribution is 6.30. The molecule has 2 rings (SSSR count). The summed E-state index contributed by atoms with van der Waals surface area (Å²) in [6, 6.07) is 8.83. The van der Waals surface area contributed by atoms with Gasteiger partial charge in [-0.1, -0.05) is 23.7 Å². The van der Waals surface area contributed by atoms with Crippen LogP contribution in [0.1, 0.15) is 29.0 Å². The van der Waals surface area contributed by atoms with Gasteiger partial charge in [0, 0.05) is 36.1 Å². The second-order valence-electron chi connectivity index (χ2n) is 4.61. The molecule has 1 heterocycles. The Bertz CT molecular complexity index is 568. The van der Waals surface area contributed by atoms with E-state index in [2.05, 4.69) is 0 Å². The van der Waals surface area contributed by atoms with Gasteiger partial charge in [0.05, 0.1) is 6.04 Å². The highest BCUT2D eigenvalue weighted by Crippen LogP contribution is 2.26. The summed E-state index contributed by atoms with van der Waals surface area (Å²) in [4.78, 5) is 0. The number of rotatable bonds is 4. The zero-order valence-electron chi connectivity index (χ0n) is 10.8. The lowest BCUT2D eigenvalue weighted by Gasteiger charge is -2.10. The van der Waals surface area contributed by atoms with Crippen LogP contribution in [0.3, 0.4) is 0 Å². The standard InChI is InChI=1S/C14H18ClN3O/c1-18-8-10(6-13(18)12(17)7-16)14(19)9-3-2-4-11(15)5-9/h2-6,8,12,14,19H,7,16-17H2,1H3. The fraction of sp³-hybridized carbons (Fsp3) is 0.286. The lowest BCUT2D eigenvalue weighted by atomic mass is 10.0. The summed E-state index contributed by atoms with van der Waals surface area (Å²) in [5, 5.41) is 11.0. The summed E-state index contributed by atoms with van der Waals surface area (Å²) in [6.07, 6.45) is 1.14. The third kappa shape index (κ3) is 2.98. The van der Waals surface area contributed by atoms with Crippen LogP contribution in [0.2, 0.25) is 5.02 Å². The van der Waals surface area contributed by atoms with Crippen LogP contribution in [0.15, 0.2) is 36.5 Å². The van der Waals surface area contributed by atoms with Crippen LogP contribution in [-0.2, 0) is 7.05 Å². The molecule has 0 aliphatic carbocycles. The molecule has 0 bridgehead atoms. The summed E-state index contributed by atoms with van der Waals surface area (Å²) in [7, 11) is 1.89. The Morgan fingerprint density at radius 3 is 2.68 bits per heavy atom. The maximum absolute atomic E-state index is 10.4. The first-order valence-electron chi connectivity index (χ1n) is 6.08. The van der Waals surface area contributed by atoms with Crippen LogP contribution in [0, 0.1) is 0 Å². The number of nitrogens with two attached hydrogens (primary N) is 2. The minimum Gasteiger partial charge on any atom is -0.384 e. The van der Waals surface area contributed by atoms with E-state index in [4.69, 9.17) is 23.1 Å². The van der Waals surface area contributed by atoms with E-state index in [0.717, 1.165) is 16.8 Å². The molecule has 2 unspecified atom stereocenters. The number of aromatic nitrogens is 1. The summed E-state index contributed by atoms with van der Waals surface area (Å²) in [5.41, 5.74) is 13.9. The number of nitrogens with zero attached hydrogens (tertiary/aromatic N) is 1. The molecule has 4 nitrogen and oxygen atoms in total. The van der Waals surface area contributed by atoms with Crippen molar-refractivity contribution in [1.82, 2.24) is 4.57 Å². The number of aliphatic hydroxyl groups is 1. The van der Waals surface area contributed by atoms with E-state index in [1.54, 1.807) is 12.1 Å². The van der Waals surface area contributed by atoms with E-state index in [1.807, 2.05) is 36.0 Å². The van der Waals surface area contributed by atoms with Crippen molar-refractivity contribution in [3.8, 4) is 0 Å². The van der Waals surface area contributed by atoms with E-state index in [0.29, 0.717) is 11.6 Å². The zero-order chi connectivity index (χ0) is 14.0. The van der Waals surface area contributed by atoms with Gasteiger partial charge in [0.25, 0.3) is 0 Å². The van der Waals surface area contributed by atoms with Crippen molar-refractivity contribution in [2.24, 2.45) is 18.5 Å². The molecule has 5 heteroatoms. The van der Waals surface area contributed by atoms with Crippen LogP contribution < -0.4 is 11.5 Å². The Labute approximate surface area is 117 Å². The van der Waals surface area contributed by atoms with E-state index >= 15 is 0 Å². The number of benzene rings is 1. The molecule has 0 saturated heterocycles. The predicted molar refractivity (Wildman–Crippen MR) is 76.9 cm³/mol. The van der Waals surface area contributed by atoms with Gasteiger partial charge < -0.3 is 21.1 Å². The first-order valence-corrected chi connectivity index (χ1v) is 6.46. The van der Waals surface area contributed by atoms with E-state index in [9.17, 15) is 5.11 Å². The largest absolute Gasteiger partial charge is 0.384 e. The second kappa shape index (κ2) is 5.75. The number of hydrogen-bond donors (Lipinski definition) is 3. The lowest BCUT2D eigenvalue weighted by molar-refractivity contribution is 0.220. The third-order valence-electron chi connectivity index (χ3n) is 3.18. The fourth-order valence-electron chi connectivity index (χ4n) is 2.12. The molecule has 1 aromatic heterocycles. The van der Waals surface area contributed by atoms with Crippen LogP contribution in [0.5, 0.6) is 0 Å². The Kier molecular flexibility index (Phi) is 4.27. The molecule has 0 aliphatic rings. The molecule has 0 amide bonds. The average molecular weight is 280 g/mol. The highest BCUT2D eigenvalue weighted by atomic mass is 35.5. The molecule has 0 aliphatic heterocycles. The smallest absolute Gasteiger partial charge is 0.106 e. The molecule has 2 atom stereocenters. The maximum atomic E-state index is 10.4. The number of halogens is 1. The van der Waals surface area contributed by atoms with Gasteiger partial charge in [-0.15, -0.1) is 0 Å². The van der Waals surface area contributed by atoms with Gasteiger partial charge in [0.2, 0.25) is 0 Å². The summed E-state index contributed by atoms with van der Waals surface area (Å²) < 4.78 is 1.89. The molecule has 0 fully saturated rings. The van der Waals surface area contributed by atoms with Gasteiger partial charge >= 0.3 is 0 Å². The monoisotopic (exact) mass is 279 g/mol. The summed E-state index contributed by atoms with van der Waals surface area (Å²) in [5.74, 6) is 0. The van der Waals surface area contributed by atoms with Crippen molar-refractivity contribution in [1.29, 1.82) is 0 Å². The molecular formula is C14H18ClN3O. The zero-order valence-corrected chi connectivity index (χ0v) is 11.5. The summed E-state index contributed by atoms with van der Waals surface area (Å²) in [6.45, 7) is 0.366. The van der Waals surface area contributed by atoms with Crippen LogP contribution >= 0.6 is 11.6 Å². The lowest BCUT2D eigenvalue weighted by Crippen LogP contribution is -2.22. The number of aliphatic hydroxyl groups excluding tert-OH is 1. The second-order valence-corrected chi connectivity index (χ2v) is 5.05. The van der Waals surface area contributed by atoms with Crippen molar-refractivity contribution in [3.05, 3.63) is 58.4 Å². The van der Waals surface area contributed by atoms with E-state index < -0.39 is 6.10 Å². The van der Waals surface area contributed by atoms with E-state index in [1.165, 1.54) is 0 Å². The molecule has 102 valence electrons. The molecule has 2 aromatic rings. The Morgan fingerprint density at radius 2 is 2.05 bits per heavy atom. The van der Waals surface area contributed by atoms with Crippen LogP contribution in [-0.4, -0.2) is 16.2 Å². The van der Waals surface area contributed by atoms with Gasteiger partial charge in [-0.05, 0) is 23.8 Å². The summed E-state index contributed by atoms with van der Waals surface area (Å²) >= 11 is 5.93. The Balaban J connectivity index is 2.32. The van der Waals surface area contributed by atoms with Crippen molar-refractivity contribution in [2.45, 2.75) is 12.1 Å². The van der Waals surface area contributed by atoms with Crippen molar-refractivity contribution >= 4 is 11.6 Å². The SMILES string of the molecule is Cn1cc(C(O)c2cccc(Cl)c2)cc1C(N)CN. The van der Waals surface area contributed by atoms with Gasteiger partial charge in [-0.3, -0.25) is 0 Å². The average Bonchev–Trinajstić information content (AvgIpc) is 2.79. The molecule has 0 spiro atoms. The first-order chi connectivity index (χ1) is 9.02. The number of aryl methyl sites for hydroxylation is 1. The Morgan fingerprint density at radius 1 is 1.32 bits per heavy atom. The van der Waals surface area contributed by atoms with Gasteiger partial charge in [-0.2, -0.15) is 0 Å². The Hall–Kier alpha value is -1.33. The highest BCUT2D eigenvalue weighted by Gasteiger charge is 2.16. The maximum Gasteiger partial charge on any atom is 0.106 e. The van der Waals surface area contributed by atoms with Crippen molar-refractivity contribution < 1.29 is 5.11 Å². The molecule has 0 saturated carbocycles. The van der Waals surface area contributed by atoms with Crippen molar-refractivity contribution in [3.63, 3.8) is 0 Å². The molecule has 0 radical (unpaired) electrons. The molecular weight excluding hydrogens is 262 g/mol. The normalized spacial score (nSPS) is 14.4. The molecule has 1 aromatic carbocycles. The van der Waals surface area contributed by atoms with Crippen LogP contribution in [0.4, 0.5) is 0 Å². The fourth-order valence-corrected chi connectivity index (χ4v) is 2.31. The van der Waals surface area contributed by atoms with Crippen molar-refractivity contribution in [2.75, 3.05) is 6.54 Å². The van der Waals surface area contributed by atoms with Gasteiger partial charge in [0.15, 0.2) is 0 Å². The minimum atomic E-state index is -0.719. The minimum absolute atomic E-state index is 0.231. The topological polar surface area (TPSA) is 77.2 Å². The number of hydrogen-bond acceptors (Lipinski definition) is 3. The van der Waals surface area contributed by atoms with E-state index in [-0.39, 0.29) is 6.04 Å². The first kappa shape index (κ1) is 14.1. The predicted octanol–water partition coefficient (Wildman–Crippen LogP) is 1.72. The third-order valence-corrected chi connectivity index (χ3v) is 3.41.